The number of anilines is 1. The largest absolute Gasteiger partial charge is 0.341 e. The normalized spacial score (nSPS) is 13.6. The second-order valence-corrected chi connectivity index (χ2v) is 8.80. The Bertz CT molecular complexity index is 1340. The van der Waals surface area contributed by atoms with Crippen LogP contribution in [0.15, 0.2) is 59.7 Å². The van der Waals surface area contributed by atoms with E-state index in [9.17, 15) is 9.59 Å². The predicted molar refractivity (Wildman–Crippen MR) is 143 cm³/mol. The molecule has 1 aliphatic heterocycles. The van der Waals surface area contributed by atoms with Crippen LogP contribution in [0.3, 0.4) is 0 Å². The Kier molecular flexibility index (Phi) is 7.65. The fraction of sp³-hybridized carbons (Fsp3) is 0.310. The number of aldehydes is 1. The third-order valence-electron chi connectivity index (χ3n) is 6.54. The van der Waals surface area contributed by atoms with E-state index in [-0.39, 0.29) is 11.8 Å². The lowest BCUT2D eigenvalue weighted by atomic mass is 9.93. The van der Waals surface area contributed by atoms with Crippen molar-refractivity contribution in [1.82, 2.24) is 14.7 Å². The molecule has 0 saturated carbocycles. The molecule has 3 aromatic rings. The number of amidine groups is 1. The van der Waals surface area contributed by atoms with Crippen molar-refractivity contribution in [2.24, 2.45) is 12.0 Å². The van der Waals surface area contributed by atoms with E-state index in [0.29, 0.717) is 42.7 Å². The number of rotatable bonds is 6. The van der Waals surface area contributed by atoms with Crippen LogP contribution in [0.25, 0.3) is 0 Å². The Balaban J connectivity index is 1.63. The van der Waals surface area contributed by atoms with Gasteiger partial charge in [0.05, 0.1) is 28.7 Å². The van der Waals surface area contributed by atoms with Crippen molar-refractivity contribution in [3.05, 3.63) is 77.1 Å². The maximum absolute atomic E-state index is 12.1. The van der Waals surface area contributed by atoms with Crippen LogP contribution in [-0.2, 0) is 11.8 Å². The summed E-state index contributed by atoms with van der Waals surface area (Å²) in [6.45, 7) is 5.28. The summed E-state index contributed by atoms with van der Waals surface area (Å²) in [5.74, 6) is 7.62. The van der Waals surface area contributed by atoms with E-state index in [1.807, 2.05) is 91.0 Å². The predicted octanol–water partition coefficient (Wildman–Crippen LogP) is 4.54. The van der Waals surface area contributed by atoms with Crippen LogP contribution < -0.4 is 4.90 Å². The molecule has 0 bridgehead atoms. The zero-order valence-electron chi connectivity index (χ0n) is 21.2. The number of likely N-dealkylation sites (tertiary alicyclic amines) is 1. The molecule has 0 N–H and O–H groups in total. The molecule has 1 saturated heterocycles. The molecule has 1 amide bonds. The van der Waals surface area contributed by atoms with Crippen molar-refractivity contribution in [3.8, 4) is 11.8 Å². The molecular weight excluding hydrogens is 450 g/mol. The van der Waals surface area contributed by atoms with E-state index < -0.39 is 0 Å². The second kappa shape index (κ2) is 11.0. The number of carbonyl (C=O) groups excluding carboxylic acids is 2. The number of benzene rings is 2. The summed E-state index contributed by atoms with van der Waals surface area (Å²) < 4.78 is 1.83. The lowest BCUT2D eigenvalue weighted by Crippen LogP contribution is -2.49. The Labute approximate surface area is 212 Å². The summed E-state index contributed by atoms with van der Waals surface area (Å²) in [6.07, 6.45) is 3.79. The van der Waals surface area contributed by atoms with Crippen molar-refractivity contribution in [2.45, 2.75) is 32.6 Å². The standard InChI is InChI=1S/C29H31N5O2/c1-5-27(32(3)24-12-8-7-9-13-24)31-26-14-10-11-21(25(26)20-35)15-16-22-17-30-33(4)29(22)23-18-34(19-23)28(36)6-2/h7-14,17,20,23H,5-6,18-19H2,1-4H3. The number of carbonyl (C=O) groups is 2. The number of hydrogen-bond acceptors (Lipinski definition) is 4. The van der Waals surface area contributed by atoms with Crippen LogP contribution >= 0.6 is 0 Å². The van der Waals surface area contributed by atoms with Crippen LogP contribution in [-0.4, -0.2) is 52.8 Å². The fourth-order valence-corrected chi connectivity index (χ4v) is 4.46. The Hall–Kier alpha value is -4.18. The first-order chi connectivity index (χ1) is 17.5. The molecule has 184 valence electrons. The minimum atomic E-state index is 0.165. The first kappa shape index (κ1) is 24.9. The summed E-state index contributed by atoms with van der Waals surface area (Å²) >= 11 is 0. The maximum atomic E-state index is 12.1. The molecule has 0 atom stereocenters. The highest BCUT2D eigenvalue weighted by atomic mass is 16.2. The SMILES string of the molecule is CCC(=O)N1CC(c2c(C#Cc3cccc(N=C(CC)N(C)c4ccccc4)c3C=O)cnn2C)C1. The molecule has 7 nitrogen and oxygen atoms in total. The van der Waals surface area contributed by atoms with Gasteiger partial charge in [-0.2, -0.15) is 5.10 Å². The number of amides is 1. The van der Waals surface area contributed by atoms with E-state index >= 15 is 0 Å². The summed E-state index contributed by atoms with van der Waals surface area (Å²) in [5, 5.41) is 4.39. The van der Waals surface area contributed by atoms with Gasteiger partial charge in [-0.3, -0.25) is 14.3 Å². The number of para-hydroxylation sites is 1. The lowest BCUT2D eigenvalue weighted by Gasteiger charge is -2.39. The molecule has 0 spiro atoms. The van der Waals surface area contributed by atoms with Gasteiger partial charge in [0.1, 0.15) is 5.84 Å². The van der Waals surface area contributed by atoms with Crippen LogP contribution in [0.5, 0.6) is 0 Å². The minimum Gasteiger partial charge on any atom is -0.341 e. The molecule has 0 radical (unpaired) electrons. The molecule has 7 heteroatoms. The highest BCUT2D eigenvalue weighted by molar-refractivity contribution is 6.00. The minimum absolute atomic E-state index is 0.165. The van der Waals surface area contributed by atoms with Gasteiger partial charge in [-0.15, -0.1) is 0 Å². The Morgan fingerprint density at radius 2 is 1.81 bits per heavy atom. The van der Waals surface area contributed by atoms with E-state index in [2.05, 4.69) is 16.9 Å². The van der Waals surface area contributed by atoms with Crippen molar-refractivity contribution >= 4 is 29.4 Å². The molecule has 2 heterocycles. The van der Waals surface area contributed by atoms with E-state index in [4.69, 9.17) is 4.99 Å². The Morgan fingerprint density at radius 3 is 2.47 bits per heavy atom. The number of aromatic nitrogens is 2. The van der Waals surface area contributed by atoms with Crippen LogP contribution in [0.4, 0.5) is 11.4 Å². The maximum Gasteiger partial charge on any atom is 0.222 e. The van der Waals surface area contributed by atoms with Crippen LogP contribution in [0, 0.1) is 11.8 Å². The zero-order valence-corrected chi connectivity index (χ0v) is 21.2. The highest BCUT2D eigenvalue weighted by Gasteiger charge is 2.34. The molecule has 0 unspecified atom stereocenters. The number of nitrogens with zero attached hydrogens (tertiary/aromatic N) is 5. The van der Waals surface area contributed by atoms with Gasteiger partial charge in [0, 0.05) is 57.2 Å². The number of aliphatic imine (C=N–C) groups is 1. The monoisotopic (exact) mass is 481 g/mol. The zero-order chi connectivity index (χ0) is 25.7. The van der Waals surface area contributed by atoms with Crippen molar-refractivity contribution < 1.29 is 9.59 Å². The van der Waals surface area contributed by atoms with E-state index in [0.717, 1.165) is 29.1 Å². The summed E-state index contributed by atoms with van der Waals surface area (Å²) in [7, 11) is 3.87. The van der Waals surface area contributed by atoms with Gasteiger partial charge >= 0.3 is 0 Å². The van der Waals surface area contributed by atoms with Crippen LogP contribution in [0.2, 0.25) is 0 Å². The summed E-state index contributed by atoms with van der Waals surface area (Å²) in [4.78, 5) is 32.8. The molecule has 1 aliphatic rings. The summed E-state index contributed by atoms with van der Waals surface area (Å²) in [6, 6.07) is 15.6. The molecule has 4 rings (SSSR count). The topological polar surface area (TPSA) is 70.8 Å². The van der Waals surface area contributed by atoms with Gasteiger partial charge in [0.2, 0.25) is 5.91 Å². The van der Waals surface area contributed by atoms with Crippen molar-refractivity contribution in [3.63, 3.8) is 0 Å². The molecular formula is C29H31N5O2. The fourth-order valence-electron chi connectivity index (χ4n) is 4.46. The first-order valence-electron chi connectivity index (χ1n) is 12.2. The molecule has 0 aliphatic carbocycles. The number of hydrogen-bond donors (Lipinski definition) is 0. The average Bonchev–Trinajstić information content (AvgIpc) is 3.24. The second-order valence-electron chi connectivity index (χ2n) is 8.80. The average molecular weight is 482 g/mol. The van der Waals surface area contributed by atoms with Gasteiger partial charge in [-0.25, -0.2) is 4.99 Å². The van der Waals surface area contributed by atoms with Gasteiger partial charge < -0.3 is 9.80 Å². The quantitative estimate of drug-likeness (QED) is 0.224. The third kappa shape index (κ3) is 5.08. The smallest absolute Gasteiger partial charge is 0.222 e. The Morgan fingerprint density at radius 1 is 1.08 bits per heavy atom. The van der Waals surface area contributed by atoms with Gasteiger partial charge in [-0.1, -0.05) is 50.0 Å². The molecule has 1 aromatic heterocycles. The molecule has 36 heavy (non-hydrogen) atoms. The van der Waals surface area contributed by atoms with Gasteiger partial charge in [0.15, 0.2) is 6.29 Å². The summed E-state index contributed by atoms with van der Waals surface area (Å²) in [5.41, 5.74) is 4.54. The van der Waals surface area contributed by atoms with Crippen molar-refractivity contribution in [1.29, 1.82) is 0 Å². The van der Waals surface area contributed by atoms with E-state index in [1.54, 1.807) is 6.20 Å². The lowest BCUT2D eigenvalue weighted by molar-refractivity contribution is -0.135. The molecule has 2 aromatic carbocycles. The number of aryl methyl sites for hydroxylation is 1. The van der Waals surface area contributed by atoms with Crippen molar-refractivity contribution in [2.75, 3.05) is 25.0 Å². The van der Waals surface area contributed by atoms with Crippen LogP contribution in [0.1, 0.15) is 59.8 Å². The third-order valence-corrected chi connectivity index (χ3v) is 6.54. The first-order valence-corrected chi connectivity index (χ1v) is 12.2. The molecule has 1 fully saturated rings. The van der Waals surface area contributed by atoms with Gasteiger partial charge in [0.25, 0.3) is 0 Å². The van der Waals surface area contributed by atoms with E-state index in [1.165, 1.54) is 0 Å². The highest BCUT2D eigenvalue weighted by Crippen LogP contribution is 2.29. The van der Waals surface area contributed by atoms with Gasteiger partial charge in [-0.05, 0) is 24.3 Å².